The van der Waals surface area contributed by atoms with Crippen molar-refractivity contribution in [2.24, 2.45) is 13.0 Å². The quantitative estimate of drug-likeness (QED) is 0.731. The van der Waals surface area contributed by atoms with E-state index in [-0.39, 0.29) is 0 Å². The summed E-state index contributed by atoms with van der Waals surface area (Å²) >= 11 is 0. The average molecular weight is 223 g/mol. The normalized spacial score (nSPS) is 20.4. The third-order valence-corrected chi connectivity index (χ3v) is 3.10. The first-order chi connectivity index (χ1) is 7.84. The van der Waals surface area contributed by atoms with Crippen molar-refractivity contribution in [1.29, 1.82) is 0 Å². The van der Waals surface area contributed by atoms with Gasteiger partial charge in [-0.25, -0.2) is 0 Å². The topological polar surface area (TPSA) is 39.1 Å². The molecular weight excluding hydrogens is 202 g/mol. The SMILES string of the molecule is Cn1cc(CCNCCC2CCOC2)cn1. The van der Waals surface area contributed by atoms with Crippen LogP contribution in [0.3, 0.4) is 0 Å². The minimum atomic E-state index is 0.783. The third kappa shape index (κ3) is 3.61. The molecule has 1 fully saturated rings. The van der Waals surface area contributed by atoms with Crippen molar-refractivity contribution in [2.75, 3.05) is 26.3 Å². The van der Waals surface area contributed by atoms with Crippen molar-refractivity contribution in [1.82, 2.24) is 15.1 Å². The van der Waals surface area contributed by atoms with Gasteiger partial charge in [0.2, 0.25) is 0 Å². The molecular formula is C12H21N3O. The molecule has 1 aliphatic rings. The highest BCUT2D eigenvalue weighted by Crippen LogP contribution is 2.14. The van der Waals surface area contributed by atoms with Crippen molar-refractivity contribution in [3.63, 3.8) is 0 Å². The van der Waals surface area contributed by atoms with E-state index < -0.39 is 0 Å². The molecule has 0 amide bonds. The van der Waals surface area contributed by atoms with Gasteiger partial charge in [0.05, 0.1) is 6.20 Å². The van der Waals surface area contributed by atoms with Gasteiger partial charge in [-0.05, 0) is 43.8 Å². The lowest BCUT2D eigenvalue weighted by molar-refractivity contribution is 0.184. The Morgan fingerprint density at radius 1 is 1.56 bits per heavy atom. The Balaban J connectivity index is 1.51. The van der Waals surface area contributed by atoms with E-state index in [9.17, 15) is 0 Å². The highest BCUT2D eigenvalue weighted by atomic mass is 16.5. The highest BCUT2D eigenvalue weighted by Gasteiger charge is 2.14. The zero-order valence-electron chi connectivity index (χ0n) is 9.98. The Hall–Kier alpha value is -0.870. The van der Waals surface area contributed by atoms with Gasteiger partial charge in [0.15, 0.2) is 0 Å². The van der Waals surface area contributed by atoms with Crippen LogP contribution in [0.15, 0.2) is 12.4 Å². The molecule has 0 bridgehead atoms. The molecule has 0 aromatic carbocycles. The van der Waals surface area contributed by atoms with Crippen molar-refractivity contribution in [3.05, 3.63) is 18.0 Å². The molecule has 0 spiro atoms. The standard InChI is InChI=1S/C12H21N3O/c1-15-9-12(8-14-15)3-6-13-5-2-11-4-7-16-10-11/h8-9,11,13H,2-7,10H2,1H3. The van der Waals surface area contributed by atoms with Gasteiger partial charge in [0.1, 0.15) is 0 Å². The highest BCUT2D eigenvalue weighted by molar-refractivity contribution is 5.03. The Morgan fingerprint density at radius 3 is 3.19 bits per heavy atom. The van der Waals surface area contributed by atoms with Gasteiger partial charge < -0.3 is 10.1 Å². The van der Waals surface area contributed by atoms with Crippen molar-refractivity contribution < 1.29 is 4.74 Å². The fourth-order valence-corrected chi connectivity index (χ4v) is 2.08. The van der Waals surface area contributed by atoms with Gasteiger partial charge in [-0.15, -0.1) is 0 Å². The molecule has 1 saturated heterocycles. The molecule has 1 aromatic rings. The summed E-state index contributed by atoms with van der Waals surface area (Å²) in [5, 5.41) is 7.63. The number of hydrogen-bond acceptors (Lipinski definition) is 3. The molecule has 4 nitrogen and oxygen atoms in total. The molecule has 2 heterocycles. The zero-order valence-corrected chi connectivity index (χ0v) is 9.98. The van der Waals surface area contributed by atoms with Gasteiger partial charge in [-0.2, -0.15) is 5.10 Å². The van der Waals surface area contributed by atoms with Gasteiger partial charge >= 0.3 is 0 Å². The lowest BCUT2D eigenvalue weighted by atomic mass is 10.1. The summed E-state index contributed by atoms with van der Waals surface area (Å²) in [7, 11) is 1.96. The fourth-order valence-electron chi connectivity index (χ4n) is 2.08. The van der Waals surface area contributed by atoms with Crippen LogP contribution < -0.4 is 5.32 Å². The van der Waals surface area contributed by atoms with E-state index in [1.54, 1.807) is 0 Å². The number of ether oxygens (including phenoxy) is 1. The minimum Gasteiger partial charge on any atom is -0.381 e. The van der Waals surface area contributed by atoms with Crippen LogP contribution in [0.2, 0.25) is 0 Å². The lowest BCUT2D eigenvalue weighted by Crippen LogP contribution is -2.20. The van der Waals surface area contributed by atoms with Crippen LogP contribution in [0.25, 0.3) is 0 Å². The average Bonchev–Trinajstić information content (AvgIpc) is 2.89. The molecule has 0 aliphatic carbocycles. The Bertz CT molecular complexity index is 305. The van der Waals surface area contributed by atoms with Crippen molar-refractivity contribution in [3.8, 4) is 0 Å². The fraction of sp³-hybridized carbons (Fsp3) is 0.750. The summed E-state index contributed by atoms with van der Waals surface area (Å²) in [6, 6.07) is 0. The zero-order chi connectivity index (χ0) is 11.2. The van der Waals surface area contributed by atoms with E-state index in [0.717, 1.165) is 38.6 Å². The predicted octanol–water partition coefficient (Wildman–Crippen LogP) is 0.979. The number of rotatable bonds is 6. The van der Waals surface area contributed by atoms with Crippen LogP contribution in [0.1, 0.15) is 18.4 Å². The predicted molar refractivity (Wildman–Crippen MR) is 63.3 cm³/mol. The number of nitrogens with one attached hydrogen (secondary N) is 1. The molecule has 1 N–H and O–H groups in total. The van der Waals surface area contributed by atoms with E-state index in [0.29, 0.717) is 0 Å². The monoisotopic (exact) mass is 223 g/mol. The maximum Gasteiger partial charge on any atom is 0.0522 e. The van der Waals surface area contributed by atoms with Crippen LogP contribution in [0.4, 0.5) is 0 Å². The van der Waals surface area contributed by atoms with E-state index in [1.165, 1.54) is 18.4 Å². The first-order valence-electron chi connectivity index (χ1n) is 6.10. The molecule has 16 heavy (non-hydrogen) atoms. The minimum absolute atomic E-state index is 0.783. The van der Waals surface area contributed by atoms with Gasteiger partial charge in [0.25, 0.3) is 0 Å². The molecule has 1 atom stereocenters. The second-order valence-corrected chi connectivity index (χ2v) is 4.54. The number of nitrogens with zero attached hydrogens (tertiary/aromatic N) is 2. The van der Waals surface area contributed by atoms with E-state index >= 15 is 0 Å². The summed E-state index contributed by atoms with van der Waals surface area (Å²) in [5.74, 6) is 0.783. The van der Waals surface area contributed by atoms with Crippen LogP contribution in [0, 0.1) is 5.92 Å². The van der Waals surface area contributed by atoms with Gasteiger partial charge in [-0.3, -0.25) is 4.68 Å². The first-order valence-corrected chi connectivity index (χ1v) is 6.10. The first kappa shape index (κ1) is 11.6. The Labute approximate surface area is 97.0 Å². The van der Waals surface area contributed by atoms with Crippen LogP contribution in [-0.4, -0.2) is 36.1 Å². The molecule has 1 unspecified atom stereocenters. The summed E-state index contributed by atoms with van der Waals surface area (Å²) in [6.07, 6.45) is 7.56. The molecule has 2 rings (SSSR count). The number of hydrogen-bond donors (Lipinski definition) is 1. The second-order valence-electron chi connectivity index (χ2n) is 4.54. The van der Waals surface area contributed by atoms with E-state index in [2.05, 4.69) is 16.6 Å². The summed E-state index contributed by atoms with van der Waals surface area (Å²) in [6.45, 7) is 4.07. The maximum absolute atomic E-state index is 5.35. The maximum atomic E-state index is 5.35. The van der Waals surface area contributed by atoms with Crippen molar-refractivity contribution in [2.45, 2.75) is 19.3 Å². The van der Waals surface area contributed by atoms with E-state index in [4.69, 9.17) is 4.74 Å². The molecule has 1 aliphatic heterocycles. The molecule has 0 radical (unpaired) electrons. The largest absolute Gasteiger partial charge is 0.381 e. The van der Waals surface area contributed by atoms with E-state index in [1.807, 2.05) is 17.9 Å². The summed E-state index contributed by atoms with van der Waals surface area (Å²) in [5.41, 5.74) is 1.30. The number of aryl methyl sites for hydroxylation is 1. The smallest absolute Gasteiger partial charge is 0.0522 e. The molecule has 0 saturated carbocycles. The third-order valence-electron chi connectivity index (χ3n) is 3.10. The lowest BCUT2D eigenvalue weighted by Gasteiger charge is -2.07. The molecule has 90 valence electrons. The van der Waals surface area contributed by atoms with Crippen LogP contribution in [-0.2, 0) is 18.2 Å². The van der Waals surface area contributed by atoms with Gasteiger partial charge in [0, 0.05) is 26.5 Å². The Kier molecular flexibility index (Phi) is 4.36. The second kappa shape index (κ2) is 6.01. The summed E-state index contributed by atoms with van der Waals surface area (Å²) < 4.78 is 7.20. The molecule has 4 heteroatoms. The summed E-state index contributed by atoms with van der Waals surface area (Å²) in [4.78, 5) is 0. The molecule has 1 aromatic heterocycles. The van der Waals surface area contributed by atoms with Gasteiger partial charge in [-0.1, -0.05) is 0 Å². The van der Waals surface area contributed by atoms with Crippen molar-refractivity contribution >= 4 is 0 Å². The van der Waals surface area contributed by atoms with Crippen LogP contribution >= 0.6 is 0 Å². The van der Waals surface area contributed by atoms with Crippen LogP contribution in [0.5, 0.6) is 0 Å². The Morgan fingerprint density at radius 2 is 2.50 bits per heavy atom. The number of aromatic nitrogens is 2.